The maximum absolute atomic E-state index is 13.2. The van der Waals surface area contributed by atoms with E-state index >= 15 is 0 Å². The number of nitrogens with zero attached hydrogens (tertiary/aromatic N) is 2. The smallest absolute Gasteiger partial charge is 0.310 e. The first-order chi connectivity index (χ1) is 11.9. The van der Waals surface area contributed by atoms with Gasteiger partial charge in [0.15, 0.2) is 10.6 Å². The molecule has 2 bridgehead atoms. The highest BCUT2D eigenvalue weighted by molar-refractivity contribution is 8.78. The van der Waals surface area contributed by atoms with E-state index in [4.69, 9.17) is 4.74 Å². The molecule has 0 unspecified atom stereocenters. The van der Waals surface area contributed by atoms with Gasteiger partial charge in [0, 0.05) is 19.9 Å². The lowest BCUT2D eigenvalue weighted by molar-refractivity contribution is -0.149. The van der Waals surface area contributed by atoms with Gasteiger partial charge in [0.1, 0.15) is 0 Å². The molecule has 1 N–H and O–H groups in total. The number of benzene rings is 1. The van der Waals surface area contributed by atoms with Crippen molar-refractivity contribution in [3.05, 3.63) is 23.8 Å². The fourth-order valence-electron chi connectivity index (χ4n) is 3.47. The SMILES string of the molecule is CCC(=O)Oc1cccc2c1N1C(=O)[C@]3(CO)SS[C@]1(C2)C(=O)N3C. The van der Waals surface area contributed by atoms with Crippen LogP contribution in [0, 0.1) is 0 Å². The Hall–Kier alpha value is -1.71. The Kier molecular flexibility index (Phi) is 3.61. The molecule has 1 spiro atoms. The number of anilines is 1. The van der Waals surface area contributed by atoms with Crippen molar-refractivity contribution in [1.29, 1.82) is 0 Å². The minimum absolute atomic E-state index is 0.204. The van der Waals surface area contributed by atoms with Crippen LogP contribution in [0.1, 0.15) is 18.9 Å². The number of aliphatic hydroxyl groups is 1. The number of hydrogen-bond donors (Lipinski definition) is 1. The zero-order valence-electron chi connectivity index (χ0n) is 13.6. The van der Waals surface area contributed by atoms with Crippen molar-refractivity contribution in [3.63, 3.8) is 0 Å². The van der Waals surface area contributed by atoms with Crippen molar-refractivity contribution < 1.29 is 24.2 Å². The molecule has 0 aliphatic carbocycles. The number of amides is 2. The summed E-state index contributed by atoms with van der Waals surface area (Å²) in [5.74, 6) is -0.726. The van der Waals surface area contributed by atoms with Gasteiger partial charge in [-0.05, 0) is 22.4 Å². The second-order valence-electron chi connectivity index (χ2n) is 6.17. The minimum Gasteiger partial charge on any atom is -0.424 e. The average molecular weight is 380 g/mol. The Balaban J connectivity index is 1.89. The lowest BCUT2D eigenvalue weighted by Gasteiger charge is -2.57. The van der Waals surface area contributed by atoms with Crippen LogP contribution in [0.5, 0.6) is 5.75 Å². The van der Waals surface area contributed by atoms with Gasteiger partial charge in [0.25, 0.3) is 11.8 Å². The van der Waals surface area contributed by atoms with Crippen molar-refractivity contribution in [2.24, 2.45) is 0 Å². The largest absolute Gasteiger partial charge is 0.424 e. The van der Waals surface area contributed by atoms with E-state index in [-0.39, 0.29) is 24.0 Å². The highest BCUT2D eigenvalue weighted by Crippen LogP contribution is 2.64. The van der Waals surface area contributed by atoms with E-state index in [9.17, 15) is 19.5 Å². The summed E-state index contributed by atoms with van der Waals surface area (Å²) in [6.07, 6.45) is 0.545. The molecular formula is C16H16N2O5S2. The zero-order valence-corrected chi connectivity index (χ0v) is 15.3. The summed E-state index contributed by atoms with van der Waals surface area (Å²) in [6, 6.07) is 5.20. The Morgan fingerprint density at radius 1 is 1.32 bits per heavy atom. The molecule has 5 rings (SSSR count). The molecule has 2 atom stereocenters. The van der Waals surface area contributed by atoms with Gasteiger partial charge in [0.2, 0.25) is 4.87 Å². The number of aliphatic hydroxyl groups excluding tert-OH is 1. The Labute approximate surface area is 152 Å². The van der Waals surface area contributed by atoms with Gasteiger partial charge in [-0.1, -0.05) is 29.9 Å². The molecule has 4 heterocycles. The Bertz CT molecular complexity index is 816. The third-order valence-electron chi connectivity index (χ3n) is 4.86. The van der Waals surface area contributed by atoms with Crippen molar-refractivity contribution in [1.82, 2.24) is 4.90 Å². The van der Waals surface area contributed by atoms with Crippen LogP contribution in [0.3, 0.4) is 0 Å². The minimum atomic E-state index is -1.35. The number of hydrogen-bond acceptors (Lipinski definition) is 7. The number of likely N-dealkylation sites (N-methyl/N-ethyl adjacent to an activating group) is 1. The van der Waals surface area contributed by atoms with E-state index in [1.807, 2.05) is 6.07 Å². The van der Waals surface area contributed by atoms with Crippen LogP contribution >= 0.6 is 21.6 Å². The first-order valence-corrected chi connectivity index (χ1v) is 9.99. The first-order valence-electron chi connectivity index (χ1n) is 7.84. The number of piperazine rings is 1. The zero-order chi connectivity index (χ0) is 18.0. The average Bonchev–Trinajstić information content (AvgIpc) is 2.97. The predicted molar refractivity (Wildman–Crippen MR) is 94.1 cm³/mol. The number of fused-ring (bicyclic) bond motifs is 3. The van der Waals surface area contributed by atoms with Gasteiger partial charge in [-0.15, -0.1) is 0 Å². The van der Waals surface area contributed by atoms with Crippen LogP contribution in [0.15, 0.2) is 18.2 Å². The Morgan fingerprint density at radius 3 is 2.76 bits per heavy atom. The molecule has 3 fully saturated rings. The van der Waals surface area contributed by atoms with E-state index in [0.717, 1.165) is 5.56 Å². The fourth-order valence-corrected chi connectivity index (χ4v) is 6.98. The number of para-hydroxylation sites is 1. The molecule has 0 radical (unpaired) electrons. The first kappa shape index (κ1) is 16.7. The van der Waals surface area contributed by atoms with E-state index in [1.54, 1.807) is 26.1 Å². The highest BCUT2D eigenvalue weighted by atomic mass is 33.1. The summed E-state index contributed by atoms with van der Waals surface area (Å²) in [6.45, 7) is 1.21. The molecule has 0 aromatic heterocycles. The van der Waals surface area contributed by atoms with Crippen molar-refractivity contribution in [3.8, 4) is 5.75 Å². The van der Waals surface area contributed by atoms with Gasteiger partial charge in [0.05, 0.1) is 12.3 Å². The molecule has 4 aliphatic rings. The molecule has 1 aromatic rings. The van der Waals surface area contributed by atoms with Gasteiger partial charge in [-0.3, -0.25) is 19.3 Å². The number of carbonyl (C=O) groups excluding carboxylic acids is 3. The van der Waals surface area contributed by atoms with E-state index in [0.29, 0.717) is 12.1 Å². The molecule has 2 amide bonds. The van der Waals surface area contributed by atoms with Gasteiger partial charge in [-0.25, -0.2) is 0 Å². The molecule has 4 aliphatic heterocycles. The number of esters is 1. The molecule has 25 heavy (non-hydrogen) atoms. The van der Waals surface area contributed by atoms with E-state index in [1.165, 1.54) is 31.4 Å². The third kappa shape index (κ3) is 1.91. The van der Waals surface area contributed by atoms with Crippen LogP contribution in [0.2, 0.25) is 0 Å². The normalized spacial score (nSPS) is 29.7. The van der Waals surface area contributed by atoms with Crippen LogP contribution in [-0.4, -0.2) is 51.2 Å². The molecule has 1 aromatic carbocycles. The molecule has 0 saturated carbocycles. The Morgan fingerprint density at radius 2 is 2.08 bits per heavy atom. The maximum atomic E-state index is 13.2. The summed E-state index contributed by atoms with van der Waals surface area (Å²) < 4.78 is 5.40. The molecule has 3 saturated heterocycles. The summed E-state index contributed by atoms with van der Waals surface area (Å²) in [7, 11) is 4.05. The van der Waals surface area contributed by atoms with Crippen LogP contribution < -0.4 is 9.64 Å². The van der Waals surface area contributed by atoms with E-state index < -0.39 is 22.3 Å². The summed E-state index contributed by atoms with van der Waals surface area (Å²) >= 11 is 0. The monoisotopic (exact) mass is 380 g/mol. The number of carbonyl (C=O) groups is 3. The third-order valence-corrected chi connectivity index (χ3v) is 8.48. The number of ether oxygens (including phenoxy) is 1. The van der Waals surface area contributed by atoms with Crippen molar-refractivity contribution in [2.75, 3.05) is 18.6 Å². The second kappa shape index (κ2) is 5.39. The van der Waals surface area contributed by atoms with Gasteiger partial charge < -0.3 is 14.7 Å². The lowest BCUT2D eigenvalue weighted by Crippen LogP contribution is -2.77. The standard InChI is InChI=1S/C16H16N2O5S2/c1-3-11(20)23-10-6-4-5-9-7-15-13(21)17(2)16(8-19,25-24-15)14(22)18(15)12(9)10/h4-6,19H,3,7-8H2,1-2H3/t15-,16+/m1/s1. The molecule has 7 nitrogen and oxygen atoms in total. The maximum Gasteiger partial charge on any atom is 0.310 e. The van der Waals surface area contributed by atoms with E-state index in [2.05, 4.69) is 0 Å². The van der Waals surface area contributed by atoms with Crippen molar-refractivity contribution in [2.45, 2.75) is 29.5 Å². The number of rotatable bonds is 3. The molecule has 132 valence electrons. The second-order valence-corrected chi connectivity index (χ2v) is 8.85. The quantitative estimate of drug-likeness (QED) is 0.478. The summed E-state index contributed by atoms with van der Waals surface area (Å²) in [5.41, 5.74) is 1.24. The molecule has 9 heteroatoms. The predicted octanol–water partition coefficient (Wildman–Crippen LogP) is 1.14. The van der Waals surface area contributed by atoms with Crippen molar-refractivity contribution >= 4 is 45.1 Å². The highest BCUT2D eigenvalue weighted by Gasteiger charge is 2.71. The lowest BCUT2D eigenvalue weighted by atomic mass is 10.0. The fraction of sp³-hybridized carbons (Fsp3) is 0.438. The van der Waals surface area contributed by atoms with Crippen LogP contribution in [0.25, 0.3) is 0 Å². The van der Waals surface area contributed by atoms with Gasteiger partial charge >= 0.3 is 5.97 Å². The summed E-state index contributed by atoms with van der Waals surface area (Å²) in [5, 5.41) is 9.88. The topological polar surface area (TPSA) is 87.1 Å². The summed E-state index contributed by atoms with van der Waals surface area (Å²) in [4.78, 5) is 38.4. The van der Waals surface area contributed by atoms with Crippen LogP contribution in [-0.2, 0) is 20.8 Å². The molecular weight excluding hydrogens is 364 g/mol. The van der Waals surface area contributed by atoms with Crippen LogP contribution in [0.4, 0.5) is 5.69 Å². The van der Waals surface area contributed by atoms with Gasteiger partial charge in [-0.2, -0.15) is 0 Å².